The van der Waals surface area contributed by atoms with E-state index < -0.39 is 0 Å². The Bertz CT molecular complexity index is 916. The molecule has 2 aromatic rings. The van der Waals surface area contributed by atoms with Crippen LogP contribution in [0.3, 0.4) is 0 Å². The fraction of sp³-hybridized carbons (Fsp3) is 0.440. The van der Waals surface area contributed by atoms with Crippen LogP contribution < -0.4 is 5.32 Å². The Hall–Kier alpha value is -2.53. The number of halogens is 1. The minimum absolute atomic E-state index is 0.0131. The van der Waals surface area contributed by atoms with Gasteiger partial charge in [-0.15, -0.1) is 0 Å². The second kappa shape index (κ2) is 9.09. The van der Waals surface area contributed by atoms with Gasteiger partial charge in [-0.25, -0.2) is 4.39 Å². The molecule has 1 aliphatic carbocycles. The van der Waals surface area contributed by atoms with E-state index in [1.54, 1.807) is 12.1 Å². The quantitative estimate of drug-likeness (QED) is 0.699. The summed E-state index contributed by atoms with van der Waals surface area (Å²) in [6, 6.07) is 12.4. The number of benzene rings is 2. The molecule has 1 saturated heterocycles. The van der Waals surface area contributed by atoms with Gasteiger partial charge >= 0.3 is 0 Å². The SMILES string of the molecule is O=C(CCC(=O)c1ccc2c(c1)CCC2)NCC1(c2ccc(F)cc2)CCOCC1. The average Bonchev–Trinajstić information content (AvgIpc) is 3.25. The fourth-order valence-corrected chi connectivity index (χ4v) is 4.61. The van der Waals surface area contributed by atoms with E-state index in [9.17, 15) is 14.0 Å². The third kappa shape index (κ3) is 4.62. The van der Waals surface area contributed by atoms with Gasteiger partial charge in [0.15, 0.2) is 5.78 Å². The number of carbonyl (C=O) groups excluding carboxylic acids is 2. The molecule has 4 rings (SSSR count). The van der Waals surface area contributed by atoms with Crippen LogP contribution in [0.25, 0.3) is 0 Å². The summed E-state index contributed by atoms with van der Waals surface area (Å²) in [5.41, 5.74) is 4.07. The lowest BCUT2D eigenvalue weighted by molar-refractivity contribution is -0.121. The zero-order valence-electron chi connectivity index (χ0n) is 17.2. The smallest absolute Gasteiger partial charge is 0.220 e. The van der Waals surface area contributed by atoms with Crippen LogP contribution in [0, 0.1) is 5.82 Å². The fourth-order valence-electron chi connectivity index (χ4n) is 4.61. The first-order chi connectivity index (χ1) is 14.6. The molecule has 1 heterocycles. The number of carbonyl (C=O) groups is 2. The lowest BCUT2D eigenvalue weighted by Crippen LogP contribution is -2.44. The third-order valence-electron chi connectivity index (χ3n) is 6.53. The van der Waals surface area contributed by atoms with E-state index in [1.807, 2.05) is 18.2 Å². The molecule has 2 aliphatic rings. The van der Waals surface area contributed by atoms with Gasteiger partial charge in [-0.1, -0.05) is 24.3 Å². The van der Waals surface area contributed by atoms with E-state index in [0.717, 1.165) is 37.7 Å². The van der Waals surface area contributed by atoms with Crippen LogP contribution in [0.15, 0.2) is 42.5 Å². The van der Waals surface area contributed by atoms with Gasteiger partial charge in [0.05, 0.1) is 0 Å². The number of Topliss-reactive ketones (excluding diaryl/α,β-unsaturated/α-hetero) is 1. The molecule has 0 bridgehead atoms. The van der Waals surface area contributed by atoms with Crippen molar-refractivity contribution in [3.8, 4) is 0 Å². The molecular formula is C25H28FNO3. The molecule has 1 amide bonds. The Kier molecular flexibility index (Phi) is 6.28. The predicted molar refractivity (Wildman–Crippen MR) is 113 cm³/mol. The van der Waals surface area contributed by atoms with Crippen LogP contribution in [0.4, 0.5) is 4.39 Å². The molecule has 0 atom stereocenters. The second-order valence-electron chi connectivity index (χ2n) is 8.44. The van der Waals surface area contributed by atoms with Gasteiger partial charge in [0.25, 0.3) is 0 Å². The van der Waals surface area contributed by atoms with Crippen LogP contribution in [0.2, 0.25) is 0 Å². The molecule has 30 heavy (non-hydrogen) atoms. The Balaban J connectivity index is 1.33. The highest BCUT2D eigenvalue weighted by Crippen LogP contribution is 2.34. The van der Waals surface area contributed by atoms with Gasteiger partial charge in [-0.2, -0.15) is 0 Å². The maximum absolute atomic E-state index is 13.4. The minimum atomic E-state index is -0.268. The van der Waals surface area contributed by atoms with Crippen molar-refractivity contribution < 1.29 is 18.7 Å². The topological polar surface area (TPSA) is 55.4 Å². The van der Waals surface area contributed by atoms with Gasteiger partial charge in [0, 0.05) is 43.6 Å². The zero-order valence-corrected chi connectivity index (χ0v) is 17.2. The van der Waals surface area contributed by atoms with Crippen LogP contribution in [-0.2, 0) is 27.8 Å². The van der Waals surface area contributed by atoms with Crippen molar-refractivity contribution in [1.82, 2.24) is 5.32 Å². The predicted octanol–water partition coefficient (Wildman–Crippen LogP) is 4.14. The van der Waals surface area contributed by atoms with E-state index in [-0.39, 0.29) is 35.8 Å². The van der Waals surface area contributed by atoms with Crippen molar-refractivity contribution in [2.45, 2.75) is 50.4 Å². The first kappa shape index (κ1) is 20.7. The van der Waals surface area contributed by atoms with Crippen molar-refractivity contribution in [2.24, 2.45) is 0 Å². The monoisotopic (exact) mass is 409 g/mol. The molecule has 0 aromatic heterocycles. The summed E-state index contributed by atoms with van der Waals surface area (Å²) in [7, 11) is 0. The molecule has 0 radical (unpaired) electrons. The lowest BCUT2D eigenvalue weighted by atomic mass is 9.74. The van der Waals surface area contributed by atoms with Crippen molar-refractivity contribution in [3.05, 3.63) is 70.5 Å². The van der Waals surface area contributed by atoms with Crippen molar-refractivity contribution in [3.63, 3.8) is 0 Å². The van der Waals surface area contributed by atoms with Gasteiger partial charge < -0.3 is 10.1 Å². The molecule has 1 N–H and O–H groups in total. The zero-order chi connectivity index (χ0) is 21.0. The van der Waals surface area contributed by atoms with Gasteiger partial charge in [0.1, 0.15) is 5.82 Å². The summed E-state index contributed by atoms with van der Waals surface area (Å²) in [5, 5.41) is 3.01. The highest BCUT2D eigenvalue weighted by molar-refractivity contribution is 5.98. The highest BCUT2D eigenvalue weighted by Gasteiger charge is 2.34. The number of hydrogen-bond donors (Lipinski definition) is 1. The number of hydrogen-bond acceptors (Lipinski definition) is 3. The maximum atomic E-state index is 13.4. The van der Waals surface area contributed by atoms with Gasteiger partial charge in [-0.05, 0) is 67.0 Å². The molecule has 2 aromatic carbocycles. The summed E-state index contributed by atoms with van der Waals surface area (Å²) in [5.74, 6) is -0.383. The van der Waals surface area contributed by atoms with Crippen LogP contribution in [-0.4, -0.2) is 31.4 Å². The molecule has 1 fully saturated rings. The van der Waals surface area contributed by atoms with E-state index >= 15 is 0 Å². The minimum Gasteiger partial charge on any atom is -0.381 e. The van der Waals surface area contributed by atoms with Crippen molar-refractivity contribution >= 4 is 11.7 Å². The van der Waals surface area contributed by atoms with Crippen LogP contribution in [0.1, 0.15) is 59.2 Å². The molecule has 0 saturated carbocycles. The number of rotatable bonds is 7. The number of aryl methyl sites for hydroxylation is 2. The lowest BCUT2D eigenvalue weighted by Gasteiger charge is -2.38. The number of fused-ring (bicyclic) bond motifs is 1. The van der Waals surface area contributed by atoms with Gasteiger partial charge in [-0.3, -0.25) is 9.59 Å². The Morgan fingerprint density at radius 1 is 0.967 bits per heavy atom. The Morgan fingerprint density at radius 2 is 1.70 bits per heavy atom. The van der Waals surface area contributed by atoms with E-state index in [0.29, 0.717) is 25.3 Å². The summed E-state index contributed by atoms with van der Waals surface area (Å²) in [6.45, 7) is 1.70. The first-order valence-corrected chi connectivity index (χ1v) is 10.8. The van der Waals surface area contributed by atoms with Crippen LogP contribution in [0.5, 0.6) is 0 Å². The normalized spacial score (nSPS) is 17.4. The van der Waals surface area contributed by atoms with E-state index in [4.69, 9.17) is 4.74 Å². The number of ether oxygens (including phenoxy) is 1. The second-order valence-corrected chi connectivity index (χ2v) is 8.44. The molecule has 0 spiro atoms. The molecule has 158 valence electrons. The largest absolute Gasteiger partial charge is 0.381 e. The molecule has 1 aliphatic heterocycles. The number of nitrogens with one attached hydrogen (secondary N) is 1. The summed E-state index contributed by atoms with van der Waals surface area (Å²) < 4.78 is 18.9. The molecule has 0 unspecified atom stereocenters. The summed E-state index contributed by atoms with van der Waals surface area (Å²) in [4.78, 5) is 25.0. The summed E-state index contributed by atoms with van der Waals surface area (Å²) in [6.07, 6.45) is 5.19. The number of amides is 1. The van der Waals surface area contributed by atoms with E-state index in [2.05, 4.69) is 5.32 Å². The van der Waals surface area contributed by atoms with E-state index in [1.165, 1.54) is 23.3 Å². The first-order valence-electron chi connectivity index (χ1n) is 10.8. The Labute approximate surface area is 176 Å². The maximum Gasteiger partial charge on any atom is 0.220 e. The third-order valence-corrected chi connectivity index (χ3v) is 6.53. The molecular weight excluding hydrogens is 381 g/mol. The van der Waals surface area contributed by atoms with Crippen molar-refractivity contribution in [1.29, 1.82) is 0 Å². The highest BCUT2D eigenvalue weighted by atomic mass is 19.1. The molecule has 4 nitrogen and oxygen atoms in total. The standard InChI is InChI=1S/C25H28FNO3/c26-22-8-6-21(7-9-22)25(12-14-30-15-13-25)17-27-24(29)11-10-23(28)20-5-4-18-2-1-3-19(18)16-20/h4-9,16H,1-3,10-15,17H2,(H,27,29). The van der Waals surface area contributed by atoms with Crippen LogP contribution >= 0.6 is 0 Å². The Morgan fingerprint density at radius 3 is 2.47 bits per heavy atom. The number of ketones is 1. The summed E-state index contributed by atoms with van der Waals surface area (Å²) >= 11 is 0. The molecule has 5 heteroatoms. The van der Waals surface area contributed by atoms with Gasteiger partial charge in [0.2, 0.25) is 5.91 Å². The average molecular weight is 410 g/mol. The van der Waals surface area contributed by atoms with Crippen molar-refractivity contribution in [2.75, 3.05) is 19.8 Å².